The molecule has 3 rings (SSSR count). The second-order valence-electron chi connectivity index (χ2n) is 5.94. The lowest BCUT2D eigenvalue weighted by atomic mass is 9.81. The lowest BCUT2D eigenvalue weighted by Gasteiger charge is -2.26. The Morgan fingerprint density at radius 2 is 2.05 bits per heavy atom. The lowest BCUT2D eigenvalue weighted by molar-refractivity contribution is -0.122. The summed E-state index contributed by atoms with van der Waals surface area (Å²) in [7, 11) is 0. The topological polar surface area (TPSA) is 89.5 Å². The molecule has 0 saturated heterocycles. The van der Waals surface area contributed by atoms with Gasteiger partial charge < -0.3 is 15.5 Å². The van der Waals surface area contributed by atoms with E-state index in [4.69, 9.17) is 5.73 Å². The molecule has 3 N–H and O–H groups in total. The monoisotopic (exact) mass is 300 g/mol. The summed E-state index contributed by atoms with van der Waals surface area (Å²) >= 11 is 0. The first-order valence-electron chi connectivity index (χ1n) is 7.63. The molecule has 1 fully saturated rings. The molecule has 0 bridgehead atoms. The number of imidazole rings is 1. The van der Waals surface area contributed by atoms with Gasteiger partial charge in [-0.05, 0) is 43.7 Å². The molecule has 116 valence electrons. The molecule has 2 aromatic heterocycles. The molecule has 6 nitrogen and oxygen atoms in total. The maximum absolute atomic E-state index is 12.2. The largest absolute Gasteiger partial charge is 0.369 e. The van der Waals surface area contributed by atoms with E-state index in [9.17, 15) is 9.59 Å². The number of carbonyl (C=O) groups excluding carboxylic acids is 2. The fourth-order valence-corrected chi connectivity index (χ4v) is 3.04. The maximum atomic E-state index is 12.2. The zero-order chi connectivity index (χ0) is 15.5. The van der Waals surface area contributed by atoms with Crippen molar-refractivity contribution in [1.29, 1.82) is 0 Å². The van der Waals surface area contributed by atoms with Crippen molar-refractivity contribution in [3.63, 3.8) is 0 Å². The van der Waals surface area contributed by atoms with Crippen LogP contribution in [0.15, 0.2) is 30.7 Å². The van der Waals surface area contributed by atoms with Crippen LogP contribution in [0.4, 0.5) is 0 Å². The van der Waals surface area contributed by atoms with Crippen LogP contribution in [0.1, 0.15) is 36.0 Å². The van der Waals surface area contributed by atoms with Gasteiger partial charge in [-0.1, -0.05) is 0 Å². The number of rotatable bonds is 4. The molecule has 0 atom stereocenters. The Balaban J connectivity index is 1.53. The fourth-order valence-electron chi connectivity index (χ4n) is 3.04. The summed E-state index contributed by atoms with van der Waals surface area (Å²) in [6.45, 7) is 0.645. The van der Waals surface area contributed by atoms with E-state index < -0.39 is 0 Å². The van der Waals surface area contributed by atoms with E-state index in [0.717, 1.165) is 31.3 Å². The van der Waals surface area contributed by atoms with Crippen molar-refractivity contribution in [2.24, 2.45) is 17.6 Å². The van der Waals surface area contributed by atoms with Gasteiger partial charge in [-0.3, -0.25) is 9.59 Å². The van der Waals surface area contributed by atoms with Gasteiger partial charge in [0.1, 0.15) is 5.65 Å². The van der Waals surface area contributed by atoms with Crippen molar-refractivity contribution in [2.45, 2.75) is 25.7 Å². The third-order valence-corrected chi connectivity index (χ3v) is 4.45. The highest BCUT2D eigenvalue weighted by Gasteiger charge is 2.24. The highest BCUT2D eigenvalue weighted by molar-refractivity contribution is 5.94. The van der Waals surface area contributed by atoms with E-state index in [1.165, 1.54) is 0 Å². The molecule has 1 aliphatic rings. The number of nitrogens with zero attached hydrogens (tertiary/aromatic N) is 2. The van der Waals surface area contributed by atoms with E-state index in [-0.39, 0.29) is 17.7 Å². The van der Waals surface area contributed by atoms with Gasteiger partial charge in [0.25, 0.3) is 5.91 Å². The number of fused-ring (bicyclic) bond motifs is 1. The first-order chi connectivity index (χ1) is 10.6. The minimum atomic E-state index is -0.198. The molecule has 22 heavy (non-hydrogen) atoms. The van der Waals surface area contributed by atoms with Crippen LogP contribution in [0.3, 0.4) is 0 Å². The predicted molar refractivity (Wildman–Crippen MR) is 82.2 cm³/mol. The quantitative estimate of drug-likeness (QED) is 0.893. The molecule has 2 amide bonds. The first kappa shape index (κ1) is 14.6. The van der Waals surface area contributed by atoms with Crippen molar-refractivity contribution in [1.82, 2.24) is 14.7 Å². The van der Waals surface area contributed by atoms with Crippen LogP contribution in [-0.4, -0.2) is 27.7 Å². The molecular weight excluding hydrogens is 280 g/mol. The minimum absolute atomic E-state index is 0.00981. The first-order valence-corrected chi connectivity index (χ1v) is 7.63. The van der Waals surface area contributed by atoms with Crippen LogP contribution in [0.2, 0.25) is 0 Å². The number of hydrogen-bond acceptors (Lipinski definition) is 3. The van der Waals surface area contributed by atoms with Crippen molar-refractivity contribution in [3.8, 4) is 0 Å². The number of nitrogens with two attached hydrogens (primary N) is 1. The average molecular weight is 300 g/mol. The Kier molecular flexibility index (Phi) is 4.09. The minimum Gasteiger partial charge on any atom is -0.369 e. The predicted octanol–water partition coefficient (Wildman–Crippen LogP) is 1.36. The van der Waals surface area contributed by atoms with Crippen molar-refractivity contribution in [2.75, 3.05) is 6.54 Å². The summed E-state index contributed by atoms with van der Waals surface area (Å²) in [5, 5.41) is 2.98. The molecule has 1 saturated carbocycles. The van der Waals surface area contributed by atoms with Crippen LogP contribution in [0.5, 0.6) is 0 Å². The van der Waals surface area contributed by atoms with Gasteiger partial charge in [0.15, 0.2) is 0 Å². The SMILES string of the molecule is NC(=O)C1CCC(CNC(=O)c2ccc3nccn3c2)CC1. The number of primary amides is 1. The fraction of sp³-hybridized carbons (Fsp3) is 0.438. The number of amides is 2. The molecule has 6 heteroatoms. The van der Waals surface area contributed by atoms with Gasteiger partial charge in [0, 0.05) is 31.1 Å². The third kappa shape index (κ3) is 3.10. The van der Waals surface area contributed by atoms with Crippen LogP contribution >= 0.6 is 0 Å². The molecule has 0 unspecified atom stereocenters. The van der Waals surface area contributed by atoms with Crippen molar-refractivity contribution >= 4 is 17.5 Å². The molecule has 2 heterocycles. The van der Waals surface area contributed by atoms with Crippen LogP contribution in [0.25, 0.3) is 5.65 Å². The van der Waals surface area contributed by atoms with Crippen molar-refractivity contribution in [3.05, 3.63) is 36.3 Å². The Hall–Kier alpha value is -2.37. The highest BCUT2D eigenvalue weighted by Crippen LogP contribution is 2.28. The van der Waals surface area contributed by atoms with Gasteiger partial charge in [0.2, 0.25) is 5.91 Å². The van der Waals surface area contributed by atoms with Gasteiger partial charge in [-0.25, -0.2) is 4.98 Å². The average Bonchev–Trinajstić information content (AvgIpc) is 3.00. The molecule has 2 aromatic rings. The molecule has 1 aliphatic carbocycles. The van der Waals surface area contributed by atoms with Crippen LogP contribution < -0.4 is 11.1 Å². The van der Waals surface area contributed by atoms with Gasteiger partial charge in [0.05, 0.1) is 5.56 Å². The number of carbonyl (C=O) groups is 2. The van der Waals surface area contributed by atoms with E-state index in [1.54, 1.807) is 18.5 Å². The standard InChI is InChI=1S/C16H20N4O2/c17-15(21)12-3-1-11(2-4-12)9-19-16(22)13-5-6-14-18-7-8-20(14)10-13/h5-8,10-12H,1-4,9H2,(H2,17,21)(H,19,22). The second kappa shape index (κ2) is 6.17. The summed E-state index contributed by atoms with van der Waals surface area (Å²) in [6.07, 6.45) is 8.84. The normalized spacial score (nSPS) is 21.6. The van der Waals surface area contributed by atoms with Gasteiger partial charge in [-0.15, -0.1) is 0 Å². The molecule has 0 aliphatic heterocycles. The van der Waals surface area contributed by atoms with E-state index in [0.29, 0.717) is 18.0 Å². The van der Waals surface area contributed by atoms with E-state index in [1.807, 2.05) is 16.7 Å². The maximum Gasteiger partial charge on any atom is 0.252 e. The van der Waals surface area contributed by atoms with Crippen molar-refractivity contribution < 1.29 is 9.59 Å². The third-order valence-electron chi connectivity index (χ3n) is 4.45. The Labute approximate surface area is 128 Å². The number of nitrogens with one attached hydrogen (secondary N) is 1. The smallest absolute Gasteiger partial charge is 0.252 e. The van der Waals surface area contributed by atoms with Gasteiger partial charge >= 0.3 is 0 Å². The zero-order valence-corrected chi connectivity index (χ0v) is 12.4. The van der Waals surface area contributed by atoms with Gasteiger partial charge in [-0.2, -0.15) is 0 Å². The lowest BCUT2D eigenvalue weighted by Crippen LogP contribution is -2.34. The second-order valence-corrected chi connectivity index (χ2v) is 5.94. The number of aromatic nitrogens is 2. The molecular formula is C16H20N4O2. The highest BCUT2D eigenvalue weighted by atomic mass is 16.2. The zero-order valence-electron chi connectivity index (χ0n) is 12.4. The number of hydrogen-bond donors (Lipinski definition) is 2. The van der Waals surface area contributed by atoms with E-state index in [2.05, 4.69) is 10.3 Å². The summed E-state index contributed by atoms with van der Waals surface area (Å²) < 4.78 is 1.83. The Morgan fingerprint density at radius 3 is 2.77 bits per heavy atom. The summed E-state index contributed by atoms with van der Waals surface area (Å²) in [4.78, 5) is 27.5. The Morgan fingerprint density at radius 1 is 1.27 bits per heavy atom. The summed E-state index contributed by atoms with van der Waals surface area (Å²) in [5.74, 6) is 0.163. The van der Waals surface area contributed by atoms with E-state index >= 15 is 0 Å². The number of pyridine rings is 1. The summed E-state index contributed by atoms with van der Waals surface area (Å²) in [5.41, 5.74) is 6.77. The Bertz CT molecular complexity index is 686. The molecule has 0 spiro atoms. The molecule has 0 aromatic carbocycles. The van der Waals surface area contributed by atoms with Crippen LogP contribution in [-0.2, 0) is 4.79 Å². The van der Waals surface area contributed by atoms with Crippen LogP contribution in [0, 0.1) is 11.8 Å². The summed E-state index contributed by atoms with van der Waals surface area (Å²) in [6, 6.07) is 3.61. The molecule has 0 radical (unpaired) electrons.